The minimum absolute atomic E-state index is 0.0848. The Morgan fingerprint density at radius 1 is 1.56 bits per heavy atom. The molecule has 3 nitrogen and oxygen atoms in total. The maximum Gasteiger partial charge on any atom is 0.128 e. The highest BCUT2D eigenvalue weighted by Crippen LogP contribution is 2.31. The van der Waals surface area contributed by atoms with Crippen LogP contribution < -0.4 is 4.90 Å². The van der Waals surface area contributed by atoms with Crippen LogP contribution in [0.4, 0.5) is 5.82 Å². The van der Waals surface area contributed by atoms with Crippen molar-refractivity contribution in [3.63, 3.8) is 0 Å². The lowest BCUT2D eigenvalue weighted by Gasteiger charge is -2.38. The number of nitrogens with zero attached hydrogens (tertiary/aromatic N) is 2. The van der Waals surface area contributed by atoms with Gasteiger partial charge in [-0.15, -0.1) is 0 Å². The zero-order valence-electron chi connectivity index (χ0n) is 9.81. The van der Waals surface area contributed by atoms with Gasteiger partial charge in [-0.2, -0.15) is 11.8 Å². The second-order valence-corrected chi connectivity index (χ2v) is 6.51. The van der Waals surface area contributed by atoms with Crippen molar-refractivity contribution in [3.05, 3.63) is 23.9 Å². The summed E-state index contributed by atoms with van der Waals surface area (Å²) in [7, 11) is 0. The SMILES string of the molecule is CC1(C)CN(c2cc(CO)ccn2)CCS1. The summed E-state index contributed by atoms with van der Waals surface area (Å²) in [6.07, 6.45) is 1.77. The van der Waals surface area contributed by atoms with E-state index in [0.717, 1.165) is 30.2 Å². The molecule has 1 saturated heterocycles. The van der Waals surface area contributed by atoms with Crippen LogP contribution in [0.15, 0.2) is 18.3 Å². The highest BCUT2D eigenvalue weighted by atomic mass is 32.2. The summed E-state index contributed by atoms with van der Waals surface area (Å²) in [5.41, 5.74) is 0.932. The van der Waals surface area contributed by atoms with Gasteiger partial charge in [0.15, 0.2) is 0 Å². The van der Waals surface area contributed by atoms with E-state index in [1.54, 1.807) is 6.20 Å². The molecule has 2 heterocycles. The number of hydrogen-bond acceptors (Lipinski definition) is 4. The van der Waals surface area contributed by atoms with E-state index in [9.17, 15) is 0 Å². The van der Waals surface area contributed by atoms with Crippen LogP contribution in [-0.2, 0) is 6.61 Å². The Labute approximate surface area is 101 Å². The largest absolute Gasteiger partial charge is 0.392 e. The molecule has 0 unspecified atom stereocenters. The van der Waals surface area contributed by atoms with Gasteiger partial charge in [0.2, 0.25) is 0 Å². The fourth-order valence-corrected chi connectivity index (χ4v) is 3.06. The van der Waals surface area contributed by atoms with Gasteiger partial charge in [-0.05, 0) is 31.5 Å². The molecule has 0 atom stereocenters. The monoisotopic (exact) mass is 238 g/mol. The number of pyridine rings is 1. The van der Waals surface area contributed by atoms with E-state index in [1.807, 2.05) is 23.9 Å². The molecule has 1 aliphatic heterocycles. The van der Waals surface area contributed by atoms with Gasteiger partial charge in [0.25, 0.3) is 0 Å². The van der Waals surface area contributed by atoms with E-state index >= 15 is 0 Å². The molecule has 4 heteroatoms. The average Bonchev–Trinajstić information content (AvgIpc) is 2.28. The fraction of sp³-hybridized carbons (Fsp3) is 0.583. The second kappa shape index (κ2) is 4.63. The maximum atomic E-state index is 9.11. The third kappa shape index (κ3) is 2.68. The van der Waals surface area contributed by atoms with Crippen LogP contribution in [-0.4, -0.2) is 33.7 Å². The number of rotatable bonds is 2. The van der Waals surface area contributed by atoms with Gasteiger partial charge in [-0.1, -0.05) is 0 Å². The highest BCUT2D eigenvalue weighted by Gasteiger charge is 2.27. The van der Waals surface area contributed by atoms with E-state index in [-0.39, 0.29) is 11.4 Å². The van der Waals surface area contributed by atoms with Crippen molar-refractivity contribution in [2.45, 2.75) is 25.2 Å². The highest BCUT2D eigenvalue weighted by molar-refractivity contribution is 8.00. The van der Waals surface area contributed by atoms with E-state index in [1.165, 1.54) is 0 Å². The molecule has 0 amide bonds. The summed E-state index contributed by atoms with van der Waals surface area (Å²) < 4.78 is 0.287. The predicted molar refractivity (Wildman–Crippen MR) is 68.9 cm³/mol. The Morgan fingerprint density at radius 3 is 3.06 bits per heavy atom. The summed E-state index contributed by atoms with van der Waals surface area (Å²) in [6.45, 7) is 6.66. The Kier molecular flexibility index (Phi) is 3.40. The number of aliphatic hydroxyl groups is 1. The number of thioether (sulfide) groups is 1. The van der Waals surface area contributed by atoms with Crippen molar-refractivity contribution < 1.29 is 5.11 Å². The summed E-state index contributed by atoms with van der Waals surface area (Å²) in [6, 6.07) is 3.83. The number of anilines is 1. The minimum atomic E-state index is 0.0848. The van der Waals surface area contributed by atoms with Crippen molar-refractivity contribution in [1.82, 2.24) is 4.98 Å². The summed E-state index contributed by atoms with van der Waals surface area (Å²) in [5, 5.41) is 9.11. The van der Waals surface area contributed by atoms with Gasteiger partial charge in [-0.3, -0.25) is 0 Å². The van der Waals surface area contributed by atoms with Crippen LogP contribution in [0, 0.1) is 0 Å². The molecule has 0 bridgehead atoms. The van der Waals surface area contributed by atoms with E-state index in [0.29, 0.717) is 0 Å². The maximum absolute atomic E-state index is 9.11. The molecular weight excluding hydrogens is 220 g/mol. The lowest BCUT2D eigenvalue weighted by Crippen LogP contribution is -2.43. The molecule has 2 rings (SSSR count). The Bertz CT molecular complexity index is 368. The summed E-state index contributed by atoms with van der Waals surface area (Å²) in [5.74, 6) is 2.12. The number of hydrogen-bond donors (Lipinski definition) is 1. The van der Waals surface area contributed by atoms with Crippen molar-refractivity contribution in [3.8, 4) is 0 Å². The second-order valence-electron chi connectivity index (χ2n) is 4.71. The standard InChI is InChI=1S/C12H18N2OS/c1-12(2)9-14(5-6-16-12)11-7-10(8-15)3-4-13-11/h3-4,7,15H,5-6,8-9H2,1-2H3. The predicted octanol–water partition coefficient (Wildman–Crippen LogP) is 1.91. The van der Waals surface area contributed by atoms with Crippen LogP contribution in [0.1, 0.15) is 19.4 Å². The molecule has 88 valence electrons. The van der Waals surface area contributed by atoms with Gasteiger partial charge in [0.1, 0.15) is 5.82 Å². The third-order valence-electron chi connectivity index (χ3n) is 2.74. The van der Waals surface area contributed by atoms with Crippen LogP contribution in [0.5, 0.6) is 0 Å². The normalized spacial score (nSPS) is 19.8. The first kappa shape index (κ1) is 11.7. The molecular formula is C12H18N2OS. The zero-order chi connectivity index (χ0) is 11.6. The molecule has 0 spiro atoms. The molecule has 0 aliphatic carbocycles. The number of aromatic nitrogens is 1. The van der Waals surface area contributed by atoms with Crippen molar-refractivity contribution in [2.75, 3.05) is 23.7 Å². The van der Waals surface area contributed by atoms with Crippen LogP contribution in [0.3, 0.4) is 0 Å². The topological polar surface area (TPSA) is 36.4 Å². The smallest absolute Gasteiger partial charge is 0.128 e. The van der Waals surface area contributed by atoms with Gasteiger partial charge in [0, 0.05) is 29.8 Å². The van der Waals surface area contributed by atoms with Crippen LogP contribution in [0.25, 0.3) is 0 Å². The van der Waals surface area contributed by atoms with E-state index in [2.05, 4.69) is 23.7 Å². The molecule has 0 radical (unpaired) electrons. The van der Waals surface area contributed by atoms with E-state index < -0.39 is 0 Å². The first-order valence-electron chi connectivity index (χ1n) is 5.55. The molecule has 1 aliphatic rings. The quantitative estimate of drug-likeness (QED) is 0.854. The molecule has 16 heavy (non-hydrogen) atoms. The molecule has 1 N–H and O–H groups in total. The molecule has 1 aromatic rings. The lowest BCUT2D eigenvalue weighted by atomic mass is 10.1. The average molecular weight is 238 g/mol. The van der Waals surface area contributed by atoms with Crippen molar-refractivity contribution in [1.29, 1.82) is 0 Å². The molecule has 0 aromatic carbocycles. The summed E-state index contributed by atoms with van der Waals surface area (Å²) >= 11 is 2.01. The first-order valence-corrected chi connectivity index (χ1v) is 6.54. The minimum Gasteiger partial charge on any atom is -0.392 e. The zero-order valence-corrected chi connectivity index (χ0v) is 10.6. The fourth-order valence-electron chi connectivity index (χ4n) is 1.94. The Morgan fingerprint density at radius 2 is 2.38 bits per heavy atom. The van der Waals surface area contributed by atoms with Gasteiger partial charge < -0.3 is 10.0 Å². The van der Waals surface area contributed by atoms with Gasteiger partial charge >= 0.3 is 0 Å². The van der Waals surface area contributed by atoms with Crippen LogP contribution >= 0.6 is 11.8 Å². The summed E-state index contributed by atoms with van der Waals surface area (Å²) in [4.78, 5) is 6.68. The van der Waals surface area contributed by atoms with Crippen molar-refractivity contribution in [2.24, 2.45) is 0 Å². The van der Waals surface area contributed by atoms with E-state index in [4.69, 9.17) is 5.11 Å². The Balaban J connectivity index is 2.16. The van der Waals surface area contributed by atoms with Crippen molar-refractivity contribution >= 4 is 17.6 Å². The van der Waals surface area contributed by atoms with Gasteiger partial charge in [0.05, 0.1) is 6.61 Å². The number of aliphatic hydroxyl groups excluding tert-OH is 1. The Hall–Kier alpha value is -0.740. The lowest BCUT2D eigenvalue weighted by molar-refractivity contribution is 0.281. The first-order chi connectivity index (χ1) is 7.61. The third-order valence-corrected chi connectivity index (χ3v) is 4.04. The molecule has 1 aromatic heterocycles. The molecule has 1 fully saturated rings. The van der Waals surface area contributed by atoms with Crippen LogP contribution in [0.2, 0.25) is 0 Å². The van der Waals surface area contributed by atoms with Gasteiger partial charge in [-0.25, -0.2) is 4.98 Å². The molecule has 0 saturated carbocycles.